The quantitative estimate of drug-likeness (QED) is 0.604. The first-order valence-corrected chi connectivity index (χ1v) is 8.91. The Balaban J connectivity index is 1.83. The number of nitrogens with one attached hydrogen (secondary N) is 1. The van der Waals surface area contributed by atoms with Gasteiger partial charge >= 0.3 is 5.97 Å². The van der Waals surface area contributed by atoms with Crippen molar-refractivity contribution in [1.82, 2.24) is 0 Å². The first kappa shape index (κ1) is 19.5. The van der Waals surface area contributed by atoms with Gasteiger partial charge in [-0.1, -0.05) is 60.1 Å². The minimum Gasteiger partial charge on any atom is -0.495 e. The second-order valence-corrected chi connectivity index (χ2v) is 6.31. The van der Waals surface area contributed by atoms with Crippen molar-refractivity contribution in [3.63, 3.8) is 0 Å². The average molecular weight is 396 g/mol. The molecule has 0 bridgehead atoms. The number of halogens is 1. The summed E-state index contributed by atoms with van der Waals surface area (Å²) in [6.07, 6.45) is -1.12. The Labute approximate surface area is 167 Å². The largest absolute Gasteiger partial charge is 0.495 e. The molecule has 0 saturated heterocycles. The number of carbonyl (C=O) groups is 2. The maximum Gasteiger partial charge on any atom is 0.339 e. The summed E-state index contributed by atoms with van der Waals surface area (Å²) in [6, 6.07) is 22.2. The smallest absolute Gasteiger partial charge is 0.339 e. The number of hydrogen-bond donors (Lipinski definition) is 1. The van der Waals surface area contributed by atoms with Crippen LogP contribution < -0.4 is 10.1 Å². The molecule has 1 amide bonds. The van der Waals surface area contributed by atoms with Gasteiger partial charge in [-0.15, -0.1) is 0 Å². The van der Waals surface area contributed by atoms with Crippen molar-refractivity contribution in [2.45, 2.75) is 6.10 Å². The molecule has 0 aromatic heterocycles. The second-order valence-electron chi connectivity index (χ2n) is 5.90. The first-order valence-electron chi connectivity index (χ1n) is 8.54. The van der Waals surface area contributed by atoms with Gasteiger partial charge in [0.25, 0.3) is 5.91 Å². The molecule has 5 nitrogen and oxygen atoms in total. The van der Waals surface area contributed by atoms with Gasteiger partial charge in [0.15, 0.2) is 0 Å². The fraction of sp³-hybridized carbons (Fsp3) is 0.0909. The van der Waals surface area contributed by atoms with Gasteiger partial charge in [0, 0.05) is 11.3 Å². The minimum absolute atomic E-state index is 0.359. The maximum absolute atomic E-state index is 12.9. The van der Waals surface area contributed by atoms with Crippen LogP contribution in [0.2, 0.25) is 5.02 Å². The van der Waals surface area contributed by atoms with Gasteiger partial charge in [0.2, 0.25) is 6.10 Å². The Morgan fingerprint density at radius 2 is 1.57 bits per heavy atom. The molecule has 0 aliphatic carbocycles. The van der Waals surface area contributed by atoms with Crippen LogP contribution in [-0.2, 0) is 9.53 Å². The van der Waals surface area contributed by atoms with E-state index in [4.69, 9.17) is 21.1 Å². The van der Waals surface area contributed by atoms with Crippen molar-refractivity contribution >= 4 is 29.2 Å². The zero-order valence-corrected chi connectivity index (χ0v) is 15.8. The summed E-state index contributed by atoms with van der Waals surface area (Å²) in [5, 5.41) is 3.09. The van der Waals surface area contributed by atoms with Crippen LogP contribution in [-0.4, -0.2) is 19.0 Å². The Bertz CT molecular complexity index is 961. The van der Waals surface area contributed by atoms with Crippen molar-refractivity contribution in [2.75, 3.05) is 12.4 Å². The number of anilines is 1. The van der Waals surface area contributed by atoms with Gasteiger partial charge in [0.05, 0.1) is 17.7 Å². The zero-order valence-electron chi connectivity index (χ0n) is 15.1. The lowest BCUT2D eigenvalue weighted by Crippen LogP contribution is -2.26. The number of rotatable bonds is 6. The highest BCUT2D eigenvalue weighted by atomic mass is 35.5. The number of benzene rings is 3. The van der Waals surface area contributed by atoms with E-state index in [2.05, 4.69) is 5.32 Å². The van der Waals surface area contributed by atoms with Crippen molar-refractivity contribution in [2.24, 2.45) is 0 Å². The molecular formula is C22H18ClNO4. The van der Waals surface area contributed by atoms with Crippen LogP contribution in [0.15, 0.2) is 78.9 Å². The van der Waals surface area contributed by atoms with E-state index in [1.807, 2.05) is 6.07 Å². The van der Waals surface area contributed by atoms with Gasteiger partial charge < -0.3 is 14.8 Å². The van der Waals surface area contributed by atoms with Gasteiger partial charge in [-0.2, -0.15) is 0 Å². The van der Waals surface area contributed by atoms with Crippen LogP contribution >= 0.6 is 11.6 Å². The molecule has 0 aliphatic rings. The fourth-order valence-corrected chi connectivity index (χ4v) is 2.86. The number of hydrogen-bond acceptors (Lipinski definition) is 4. The van der Waals surface area contributed by atoms with E-state index >= 15 is 0 Å². The van der Waals surface area contributed by atoms with Crippen molar-refractivity contribution in [3.05, 3.63) is 95.0 Å². The number of esters is 1. The van der Waals surface area contributed by atoms with Crippen LogP contribution in [0.25, 0.3) is 0 Å². The zero-order chi connectivity index (χ0) is 19.9. The second kappa shape index (κ2) is 9.06. The van der Waals surface area contributed by atoms with Crippen LogP contribution in [0.5, 0.6) is 5.75 Å². The fourth-order valence-electron chi connectivity index (χ4n) is 2.60. The molecule has 0 saturated carbocycles. The highest BCUT2D eigenvalue weighted by Crippen LogP contribution is 2.28. The molecule has 0 aliphatic heterocycles. The van der Waals surface area contributed by atoms with Gasteiger partial charge in [-0.3, -0.25) is 4.79 Å². The molecule has 0 radical (unpaired) electrons. The normalized spacial score (nSPS) is 11.4. The molecule has 0 fully saturated rings. The molecule has 1 N–H and O–H groups in total. The average Bonchev–Trinajstić information content (AvgIpc) is 2.73. The van der Waals surface area contributed by atoms with Gasteiger partial charge in [-0.25, -0.2) is 4.79 Å². The van der Waals surface area contributed by atoms with Crippen LogP contribution in [0.1, 0.15) is 22.0 Å². The van der Waals surface area contributed by atoms with Crippen LogP contribution in [0.3, 0.4) is 0 Å². The predicted molar refractivity (Wildman–Crippen MR) is 108 cm³/mol. The summed E-state index contributed by atoms with van der Waals surface area (Å²) in [7, 11) is 1.51. The Morgan fingerprint density at radius 1 is 0.929 bits per heavy atom. The Morgan fingerprint density at radius 3 is 2.18 bits per heavy atom. The molecule has 3 aromatic carbocycles. The standard InChI is InChI=1S/C22H18ClNO4/c1-27-19-13-12-17(14-18(19)23)24-21(25)20(15-8-4-2-5-9-15)28-22(26)16-10-6-3-7-11-16/h2-14,20H,1H3,(H,24,25)/t20-/m0/s1. The summed E-state index contributed by atoms with van der Waals surface area (Å²) in [5.74, 6) is -0.580. The van der Waals surface area contributed by atoms with Crippen molar-refractivity contribution in [3.8, 4) is 5.75 Å². The molecule has 0 spiro atoms. The van der Waals surface area contributed by atoms with Gasteiger partial charge in [0.1, 0.15) is 5.75 Å². The number of amides is 1. The minimum atomic E-state index is -1.12. The van der Waals surface area contributed by atoms with E-state index in [0.29, 0.717) is 27.6 Å². The SMILES string of the molecule is COc1ccc(NC(=O)[C@@H](OC(=O)c2ccccc2)c2ccccc2)cc1Cl. The Kier molecular flexibility index (Phi) is 6.29. The molecule has 6 heteroatoms. The molecular weight excluding hydrogens is 378 g/mol. The lowest BCUT2D eigenvalue weighted by molar-refractivity contribution is -0.125. The first-order chi connectivity index (χ1) is 13.6. The molecule has 142 valence electrons. The van der Waals surface area contributed by atoms with Crippen LogP contribution in [0.4, 0.5) is 5.69 Å². The lowest BCUT2D eigenvalue weighted by Gasteiger charge is -2.18. The van der Waals surface area contributed by atoms with Crippen molar-refractivity contribution < 1.29 is 19.1 Å². The topological polar surface area (TPSA) is 64.6 Å². The summed E-state index contributed by atoms with van der Waals surface area (Å²) in [6.45, 7) is 0. The number of carbonyl (C=O) groups excluding carboxylic acids is 2. The maximum atomic E-state index is 12.9. The van der Waals surface area contributed by atoms with Crippen molar-refractivity contribution in [1.29, 1.82) is 0 Å². The molecule has 3 aromatic rings. The summed E-state index contributed by atoms with van der Waals surface area (Å²) < 4.78 is 10.6. The number of methoxy groups -OCH3 is 1. The summed E-state index contributed by atoms with van der Waals surface area (Å²) in [5.41, 5.74) is 1.39. The highest BCUT2D eigenvalue weighted by Gasteiger charge is 2.26. The third-order valence-electron chi connectivity index (χ3n) is 3.99. The van der Waals surface area contributed by atoms with E-state index in [0.717, 1.165) is 0 Å². The van der Waals surface area contributed by atoms with Gasteiger partial charge in [-0.05, 0) is 30.3 Å². The summed E-state index contributed by atoms with van der Waals surface area (Å²) >= 11 is 6.11. The van der Waals surface area contributed by atoms with E-state index in [1.54, 1.807) is 72.8 Å². The van der Waals surface area contributed by atoms with E-state index in [1.165, 1.54) is 7.11 Å². The Hall–Kier alpha value is -3.31. The lowest BCUT2D eigenvalue weighted by atomic mass is 10.1. The molecule has 3 rings (SSSR count). The highest BCUT2D eigenvalue weighted by molar-refractivity contribution is 6.32. The van der Waals surface area contributed by atoms with E-state index < -0.39 is 18.0 Å². The van der Waals surface area contributed by atoms with E-state index in [9.17, 15) is 9.59 Å². The third kappa shape index (κ3) is 4.69. The predicted octanol–water partition coefficient (Wildman–Crippen LogP) is 4.89. The number of ether oxygens (including phenoxy) is 2. The molecule has 1 atom stereocenters. The molecule has 0 heterocycles. The van der Waals surface area contributed by atoms with E-state index in [-0.39, 0.29) is 0 Å². The molecule has 0 unspecified atom stereocenters. The third-order valence-corrected chi connectivity index (χ3v) is 4.29. The summed E-state index contributed by atoms with van der Waals surface area (Å²) in [4.78, 5) is 25.4. The van der Waals surface area contributed by atoms with Crippen LogP contribution in [0, 0.1) is 0 Å². The monoisotopic (exact) mass is 395 g/mol. The molecule has 28 heavy (non-hydrogen) atoms.